The molecule has 0 radical (unpaired) electrons. The molecule has 1 aliphatic rings. The second-order valence-corrected chi connectivity index (χ2v) is 4.78. The number of aliphatic hydroxyl groups excluding tert-OH is 1. The van der Waals surface area contributed by atoms with Gasteiger partial charge in [0.2, 0.25) is 0 Å². The lowest BCUT2D eigenvalue weighted by molar-refractivity contribution is 0.108. The van der Waals surface area contributed by atoms with Crippen LogP contribution in [-0.4, -0.2) is 34.8 Å². The quantitative estimate of drug-likeness (QED) is 0.241. The minimum atomic E-state index is -0.0918. The van der Waals surface area contributed by atoms with E-state index in [1.807, 2.05) is 6.92 Å². The van der Waals surface area contributed by atoms with Crippen molar-refractivity contribution in [3.8, 4) is 0 Å². The molecule has 16 heavy (non-hydrogen) atoms. The third-order valence-corrected chi connectivity index (χ3v) is 3.22. The van der Waals surface area contributed by atoms with Crippen molar-refractivity contribution in [2.75, 3.05) is 6.54 Å². The van der Waals surface area contributed by atoms with Gasteiger partial charge in [0.25, 0.3) is 0 Å². The summed E-state index contributed by atoms with van der Waals surface area (Å²) < 4.78 is 0. The Hall–Kier alpha value is -0.810. The fraction of sp³-hybridized carbons (Fsp3) is 0.909. The molecule has 94 valence electrons. The van der Waals surface area contributed by atoms with Crippen LogP contribution in [0.15, 0.2) is 5.16 Å². The van der Waals surface area contributed by atoms with Crippen LogP contribution in [0.5, 0.6) is 0 Å². The van der Waals surface area contributed by atoms with Crippen LogP contribution in [0.3, 0.4) is 0 Å². The Kier molecular flexibility index (Phi) is 5.55. The maximum absolute atomic E-state index is 9.37. The lowest BCUT2D eigenvalue weighted by Gasteiger charge is -2.26. The third-order valence-electron chi connectivity index (χ3n) is 3.22. The molecule has 5 nitrogen and oxygen atoms in total. The normalized spacial score (nSPS) is 29.0. The molecule has 0 aliphatic heterocycles. The van der Waals surface area contributed by atoms with Gasteiger partial charge in [0.15, 0.2) is 0 Å². The minimum Gasteiger partial charge on any atom is -0.409 e. The molecule has 0 heterocycles. The van der Waals surface area contributed by atoms with Crippen molar-refractivity contribution in [1.29, 1.82) is 0 Å². The number of nitrogens with one attached hydrogen (secondary N) is 1. The van der Waals surface area contributed by atoms with Gasteiger partial charge in [-0.3, -0.25) is 0 Å². The molecular weight excluding hydrogens is 206 g/mol. The largest absolute Gasteiger partial charge is 0.409 e. The van der Waals surface area contributed by atoms with Gasteiger partial charge >= 0.3 is 0 Å². The van der Waals surface area contributed by atoms with Gasteiger partial charge in [-0.2, -0.15) is 0 Å². The Morgan fingerprint density at radius 1 is 1.44 bits per heavy atom. The van der Waals surface area contributed by atoms with E-state index in [9.17, 15) is 5.11 Å². The van der Waals surface area contributed by atoms with Gasteiger partial charge < -0.3 is 21.4 Å². The first-order chi connectivity index (χ1) is 7.61. The first-order valence-electron chi connectivity index (χ1n) is 5.99. The summed E-state index contributed by atoms with van der Waals surface area (Å²) in [4.78, 5) is 0. The predicted molar refractivity (Wildman–Crippen MR) is 63.5 cm³/mol. The van der Waals surface area contributed by atoms with Crippen LogP contribution < -0.4 is 11.1 Å². The van der Waals surface area contributed by atoms with Crippen molar-refractivity contribution in [2.45, 2.75) is 51.2 Å². The van der Waals surface area contributed by atoms with Crippen LogP contribution in [0.25, 0.3) is 0 Å². The van der Waals surface area contributed by atoms with Crippen LogP contribution >= 0.6 is 0 Å². The standard InChI is InChI=1S/C11H23N3O2/c1-8(6-11(12)14-16)13-7-9-2-4-10(15)5-3-9/h8-10,13,15-16H,2-7H2,1H3,(H2,12,14). The van der Waals surface area contributed by atoms with Gasteiger partial charge in [-0.15, -0.1) is 0 Å². The first-order valence-corrected chi connectivity index (χ1v) is 5.99. The summed E-state index contributed by atoms with van der Waals surface area (Å²) in [5.74, 6) is 0.914. The van der Waals surface area contributed by atoms with E-state index in [-0.39, 0.29) is 18.0 Å². The van der Waals surface area contributed by atoms with E-state index >= 15 is 0 Å². The zero-order valence-corrected chi connectivity index (χ0v) is 9.89. The van der Waals surface area contributed by atoms with E-state index < -0.39 is 0 Å². The number of oxime groups is 1. The van der Waals surface area contributed by atoms with Crippen molar-refractivity contribution >= 4 is 5.84 Å². The van der Waals surface area contributed by atoms with Gasteiger partial charge in [0.05, 0.1) is 6.10 Å². The van der Waals surface area contributed by atoms with Gasteiger partial charge in [-0.1, -0.05) is 5.16 Å². The topological polar surface area (TPSA) is 90.9 Å². The van der Waals surface area contributed by atoms with E-state index in [2.05, 4.69) is 10.5 Å². The minimum absolute atomic E-state index is 0.0918. The van der Waals surface area contributed by atoms with Crippen molar-refractivity contribution < 1.29 is 10.3 Å². The summed E-state index contributed by atoms with van der Waals surface area (Å²) in [5.41, 5.74) is 5.43. The van der Waals surface area contributed by atoms with Gasteiger partial charge in [0, 0.05) is 12.5 Å². The van der Waals surface area contributed by atoms with E-state index in [1.165, 1.54) is 0 Å². The fourth-order valence-corrected chi connectivity index (χ4v) is 2.14. The van der Waals surface area contributed by atoms with Gasteiger partial charge in [0.1, 0.15) is 5.84 Å². The monoisotopic (exact) mass is 229 g/mol. The molecule has 0 aromatic carbocycles. The molecule has 1 atom stereocenters. The highest BCUT2D eigenvalue weighted by molar-refractivity contribution is 5.80. The van der Waals surface area contributed by atoms with E-state index in [0.29, 0.717) is 12.3 Å². The Balaban J connectivity index is 2.14. The summed E-state index contributed by atoms with van der Waals surface area (Å²) in [6.07, 6.45) is 4.48. The Morgan fingerprint density at radius 3 is 2.62 bits per heavy atom. The number of nitrogens with zero attached hydrogens (tertiary/aromatic N) is 1. The highest BCUT2D eigenvalue weighted by atomic mass is 16.4. The molecule has 1 aliphatic carbocycles. The van der Waals surface area contributed by atoms with E-state index in [1.54, 1.807) is 0 Å². The summed E-state index contributed by atoms with van der Waals surface area (Å²) in [6, 6.07) is 0.225. The number of hydrogen-bond donors (Lipinski definition) is 4. The Labute approximate surface area is 96.7 Å². The molecule has 0 amide bonds. The maximum atomic E-state index is 9.37. The molecule has 0 aromatic rings. The van der Waals surface area contributed by atoms with Crippen molar-refractivity contribution in [3.63, 3.8) is 0 Å². The van der Waals surface area contributed by atoms with Crippen molar-refractivity contribution in [1.82, 2.24) is 5.32 Å². The van der Waals surface area contributed by atoms with Crippen LogP contribution in [0.4, 0.5) is 0 Å². The number of hydrogen-bond acceptors (Lipinski definition) is 4. The molecule has 1 saturated carbocycles. The number of aliphatic hydroxyl groups is 1. The molecule has 5 N–H and O–H groups in total. The second-order valence-electron chi connectivity index (χ2n) is 4.78. The number of amidine groups is 1. The number of rotatable bonds is 5. The van der Waals surface area contributed by atoms with Crippen LogP contribution in [0.1, 0.15) is 39.0 Å². The zero-order chi connectivity index (χ0) is 12.0. The lowest BCUT2D eigenvalue weighted by atomic mass is 9.87. The third kappa shape index (κ3) is 4.81. The average Bonchev–Trinajstić information content (AvgIpc) is 2.28. The SMILES string of the molecule is CC(CC(N)=NO)NCC1CCC(O)CC1. The highest BCUT2D eigenvalue weighted by Crippen LogP contribution is 2.23. The lowest BCUT2D eigenvalue weighted by Crippen LogP contribution is -2.36. The first kappa shape index (κ1) is 13.3. The van der Waals surface area contributed by atoms with Crippen LogP contribution in [0, 0.1) is 5.92 Å². The Bertz CT molecular complexity index is 225. The van der Waals surface area contributed by atoms with Crippen molar-refractivity contribution in [3.05, 3.63) is 0 Å². The van der Waals surface area contributed by atoms with E-state index in [4.69, 9.17) is 10.9 Å². The Morgan fingerprint density at radius 2 is 2.06 bits per heavy atom. The fourth-order valence-electron chi connectivity index (χ4n) is 2.14. The predicted octanol–water partition coefficient (Wildman–Crippen LogP) is 0.652. The summed E-state index contributed by atoms with van der Waals surface area (Å²) in [6.45, 7) is 2.97. The zero-order valence-electron chi connectivity index (χ0n) is 9.89. The molecule has 5 heteroatoms. The summed E-state index contributed by atoms with van der Waals surface area (Å²) in [5, 5.41) is 24.1. The van der Waals surface area contributed by atoms with Crippen LogP contribution in [-0.2, 0) is 0 Å². The molecule has 0 saturated heterocycles. The molecule has 0 aromatic heterocycles. The second kappa shape index (κ2) is 6.70. The molecule has 1 rings (SSSR count). The highest BCUT2D eigenvalue weighted by Gasteiger charge is 2.19. The molecule has 0 spiro atoms. The number of nitrogens with two attached hydrogens (primary N) is 1. The van der Waals surface area contributed by atoms with Crippen molar-refractivity contribution in [2.24, 2.45) is 16.8 Å². The van der Waals surface area contributed by atoms with Gasteiger partial charge in [-0.25, -0.2) is 0 Å². The smallest absolute Gasteiger partial charge is 0.140 e. The molecule has 1 fully saturated rings. The maximum Gasteiger partial charge on any atom is 0.140 e. The average molecular weight is 229 g/mol. The van der Waals surface area contributed by atoms with Crippen LogP contribution in [0.2, 0.25) is 0 Å². The van der Waals surface area contributed by atoms with Gasteiger partial charge in [-0.05, 0) is 45.1 Å². The molecule has 1 unspecified atom stereocenters. The summed E-state index contributed by atoms with van der Waals surface area (Å²) in [7, 11) is 0. The summed E-state index contributed by atoms with van der Waals surface area (Å²) >= 11 is 0. The van der Waals surface area contributed by atoms with E-state index in [0.717, 1.165) is 32.2 Å². The molecule has 0 bridgehead atoms. The molecular formula is C11H23N3O2.